The molecule has 0 spiro atoms. The van der Waals surface area contributed by atoms with Gasteiger partial charge in [-0.2, -0.15) is 5.10 Å². The fourth-order valence-corrected chi connectivity index (χ4v) is 1.60. The van der Waals surface area contributed by atoms with Gasteiger partial charge in [0, 0.05) is 36.3 Å². The van der Waals surface area contributed by atoms with Gasteiger partial charge in [-0.05, 0) is 12.1 Å². The van der Waals surface area contributed by atoms with Crippen LogP contribution in [0.3, 0.4) is 0 Å². The number of rotatable bonds is 4. The molecule has 0 saturated carbocycles. The van der Waals surface area contributed by atoms with Crippen LogP contribution in [-0.2, 0) is 11.2 Å². The Morgan fingerprint density at radius 3 is 2.65 bits per heavy atom. The first kappa shape index (κ1) is 14.2. The average molecular weight is 273 g/mol. The minimum absolute atomic E-state index is 0.0337. The highest BCUT2D eigenvalue weighted by atomic mass is 16.2. The summed E-state index contributed by atoms with van der Waals surface area (Å²) in [4.78, 5) is 20.1. The van der Waals surface area contributed by atoms with Gasteiger partial charge < -0.3 is 5.32 Å². The molecule has 106 valence electrons. The third-order valence-corrected chi connectivity index (χ3v) is 2.80. The van der Waals surface area contributed by atoms with Gasteiger partial charge in [-0.3, -0.25) is 14.9 Å². The molecule has 2 N–H and O–H groups in total. The molecule has 0 bridgehead atoms. The summed E-state index contributed by atoms with van der Waals surface area (Å²) in [6.45, 7) is 6.20. The van der Waals surface area contributed by atoms with E-state index < -0.39 is 0 Å². The fourth-order valence-electron chi connectivity index (χ4n) is 1.60. The van der Waals surface area contributed by atoms with Crippen molar-refractivity contribution in [1.29, 1.82) is 0 Å². The summed E-state index contributed by atoms with van der Waals surface area (Å²) in [6.07, 6.45) is 4.03. The highest BCUT2D eigenvalue weighted by Gasteiger charge is 2.20. The SMILES string of the molecule is CC(C)(C)C(=O)NCCc1nc(-c2ccncc2)n[nH]1. The van der Waals surface area contributed by atoms with Crippen molar-refractivity contribution in [3.63, 3.8) is 0 Å². The lowest BCUT2D eigenvalue weighted by Gasteiger charge is -2.17. The number of hydrogen-bond donors (Lipinski definition) is 2. The molecule has 0 radical (unpaired) electrons. The smallest absolute Gasteiger partial charge is 0.225 e. The van der Waals surface area contributed by atoms with Crippen LogP contribution in [0.15, 0.2) is 24.5 Å². The van der Waals surface area contributed by atoms with Crippen LogP contribution in [0.5, 0.6) is 0 Å². The molecule has 2 rings (SSSR count). The quantitative estimate of drug-likeness (QED) is 0.885. The topological polar surface area (TPSA) is 83.6 Å². The van der Waals surface area contributed by atoms with Crippen molar-refractivity contribution in [2.24, 2.45) is 5.41 Å². The van der Waals surface area contributed by atoms with Gasteiger partial charge in [0.2, 0.25) is 5.91 Å². The molecule has 0 aliphatic rings. The average Bonchev–Trinajstić information content (AvgIpc) is 2.87. The molecule has 2 aromatic heterocycles. The number of pyridine rings is 1. The van der Waals surface area contributed by atoms with Crippen LogP contribution < -0.4 is 5.32 Å². The molecular weight excluding hydrogens is 254 g/mol. The summed E-state index contributed by atoms with van der Waals surface area (Å²) >= 11 is 0. The summed E-state index contributed by atoms with van der Waals surface area (Å²) in [5.41, 5.74) is 0.546. The van der Waals surface area contributed by atoms with Gasteiger partial charge in [0.1, 0.15) is 5.82 Å². The molecule has 0 aliphatic carbocycles. The first-order valence-corrected chi connectivity index (χ1v) is 6.57. The zero-order valence-electron chi connectivity index (χ0n) is 12.0. The Morgan fingerprint density at radius 1 is 1.30 bits per heavy atom. The van der Waals surface area contributed by atoms with Crippen LogP contribution in [0.2, 0.25) is 0 Å². The number of H-pyrrole nitrogens is 1. The normalized spacial score (nSPS) is 11.3. The third kappa shape index (κ3) is 3.63. The van der Waals surface area contributed by atoms with Crippen LogP contribution >= 0.6 is 0 Å². The maximum Gasteiger partial charge on any atom is 0.225 e. The lowest BCUT2D eigenvalue weighted by Crippen LogP contribution is -2.36. The van der Waals surface area contributed by atoms with Crippen LogP contribution in [-0.4, -0.2) is 32.6 Å². The van der Waals surface area contributed by atoms with Crippen LogP contribution in [0.25, 0.3) is 11.4 Å². The second kappa shape index (κ2) is 5.81. The molecule has 6 heteroatoms. The van der Waals surface area contributed by atoms with E-state index >= 15 is 0 Å². The molecule has 20 heavy (non-hydrogen) atoms. The van der Waals surface area contributed by atoms with E-state index in [1.807, 2.05) is 32.9 Å². The van der Waals surface area contributed by atoms with Gasteiger partial charge in [-0.1, -0.05) is 20.8 Å². The molecule has 0 aromatic carbocycles. The van der Waals surface area contributed by atoms with Crippen LogP contribution in [0.1, 0.15) is 26.6 Å². The lowest BCUT2D eigenvalue weighted by molar-refractivity contribution is -0.128. The summed E-state index contributed by atoms with van der Waals surface area (Å²) < 4.78 is 0. The third-order valence-electron chi connectivity index (χ3n) is 2.80. The Kier molecular flexibility index (Phi) is 4.12. The summed E-state index contributed by atoms with van der Waals surface area (Å²) in [5.74, 6) is 1.43. The van der Waals surface area contributed by atoms with Gasteiger partial charge in [0.05, 0.1) is 0 Å². The van der Waals surface area contributed by atoms with Crippen LogP contribution in [0.4, 0.5) is 0 Å². The van der Waals surface area contributed by atoms with Crippen molar-refractivity contribution in [3.05, 3.63) is 30.4 Å². The summed E-state index contributed by atoms with van der Waals surface area (Å²) in [5, 5.41) is 9.92. The molecule has 0 saturated heterocycles. The van der Waals surface area contributed by atoms with Gasteiger partial charge in [0.25, 0.3) is 0 Å². The minimum Gasteiger partial charge on any atom is -0.355 e. The maximum absolute atomic E-state index is 11.7. The molecule has 0 aliphatic heterocycles. The molecule has 0 unspecified atom stereocenters. The molecule has 0 fully saturated rings. The van der Waals surface area contributed by atoms with Crippen molar-refractivity contribution in [1.82, 2.24) is 25.5 Å². The predicted octanol–water partition coefficient (Wildman–Crippen LogP) is 1.57. The Morgan fingerprint density at radius 2 is 2.00 bits per heavy atom. The van der Waals surface area contributed by atoms with Crippen molar-refractivity contribution in [2.75, 3.05) is 6.54 Å². The molecule has 2 heterocycles. The number of nitrogens with one attached hydrogen (secondary N) is 2. The second-order valence-corrected chi connectivity index (χ2v) is 5.60. The van der Waals surface area contributed by atoms with E-state index in [0.29, 0.717) is 18.8 Å². The van der Waals surface area contributed by atoms with Crippen molar-refractivity contribution in [2.45, 2.75) is 27.2 Å². The lowest BCUT2D eigenvalue weighted by atomic mass is 9.96. The summed E-state index contributed by atoms with van der Waals surface area (Å²) in [6, 6.07) is 3.71. The van der Waals surface area contributed by atoms with E-state index in [-0.39, 0.29) is 11.3 Å². The number of hydrogen-bond acceptors (Lipinski definition) is 4. The monoisotopic (exact) mass is 273 g/mol. The zero-order valence-corrected chi connectivity index (χ0v) is 12.0. The highest BCUT2D eigenvalue weighted by Crippen LogP contribution is 2.13. The number of aromatic amines is 1. The summed E-state index contributed by atoms with van der Waals surface area (Å²) in [7, 11) is 0. The number of carbonyl (C=O) groups excluding carboxylic acids is 1. The second-order valence-electron chi connectivity index (χ2n) is 5.60. The number of carbonyl (C=O) groups is 1. The Bertz CT molecular complexity index is 571. The van der Waals surface area contributed by atoms with E-state index in [0.717, 1.165) is 11.4 Å². The van der Waals surface area contributed by atoms with Gasteiger partial charge >= 0.3 is 0 Å². The van der Waals surface area contributed by atoms with Crippen molar-refractivity contribution in [3.8, 4) is 11.4 Å². The fraction of sp³-hybridized carbons (Fsp3) is 0.429. The number of amides is 1. The molecule has 6 nitrogen and oxygen atoms in total. The predicted molar refractivity (Wildman–Crippen MR) is 75.8 cm³/mol. The first-order valence-electron chi connectivity index (χ1n) is 6.57. The van der Waals surface area contributed by atoms with Gasteiger partial charge in [-0.25, -0.2) is 4.98 Å². The van der Waals surface area contributed by atoms with Crippen LogP contribution in [0, 0.1) is 5.41 Å². The zero-order chi connectivity index (χ0) is 14.6. The standard InChI is InChI=1S/C14H19N5O/c1-14(2,3)13(20)16-9-6-11-17-12(19-18-11)10-4-7-15-8-5-10/h4-5,7-8H,6,9H2,1-3H3,(H,16,20)(H,17,18,19). The highest BCUT2D eigenvalue weighted by molar-refractivity contribution is 5.81. The number of nitrogens with zero attached hydrogens (tertiary/aromatic N) is 3. The maximum atomic E-state index is 11.7. The first-order chi connectivity index (χ1) is 9.47. The van der Waals surface area contributed by atoms with Gasteiger partial charge in [-0.15, -0.1) is 0 Å². The Balaban J connectivity index is 1.90. The molecule has 2 aromatic rings. The Hall–Kier alpha value is -2.24. The van der Waals surface area contributed by atoms with Crippen molar-refractivity contribution >= 4 is 5.91 Å². The van der Waals surface area contributed by atoms with E-state index in [4.69, 9.17) is 0 Å². The Labute approximate surface area is 118 Å². The van der Waals surface area contributed by atoms with Crippen molar-refractivity contribution < 1.29 is 4.79 Å². The molecule has 0 atom stereocenters. The van der Waals surface area contributed by atoms with E-state index in [1.165, 1.54) is 0 Å². The van der Waals surface area contributed by atoms with E-state index in [9.17, 15) is 4.79 Å². The van der Waals surface area contributed by atoms with Gasteiger partial charge in [0.15, 0.2) is 5.82 Å². The number of aromatic nitrogens is 4. The molecule has 1 amide bonds. The minimum atomic E-state index is -0.371. The van der Waals surface area contributed by atoms with E-state index in [1.54, 1.807) is 12.4 Å². The molecular formula is C14H19N5O. The largest absolute Gasteiger partial charge is 0.355 e. The van der Waals surface area contributed by atoms with E-state index in [2.05, 4.69) is 25.5 Å².